The van der Waals surface area contributed by atoms with E-state index in [-0.39, 0.29) is 10.6 Å². The van der Waals surface area contributed by atoms with Crippen LogP contribution >= 0.6 is 0 Å². The first kappa shape index (κ1) is 21.4. The van der Waals surface area contributed by atoms with Gasteiger partial charge in [-0.25, -0.2) is 0 Å². The molecule has 0 radical (unpaired) electrons. The first-order valence-corrected chi connectivity index (χ1v) is 11.3. The van der Waals surface area contributed by atoms with Crippen LogP contribution in [0.1, 0.15) is 16.7 Å². The number of hydrogen-bond acceptors (Lipinski definition) is 5. The van der Waals surface area contributed by atoms with Gasteiger partial charge in [0.1, 0.15) is 12.4 Å². The maximum absolute atomic E-state index is 11.4. The van der Waals surface area contributed by atoms with Crippen LogP contribution < -0.4 is 4.74 Å². The minimum atomic E-state index is -0.337. The number of nitro benzene ring substituents is 1. The molecule has 2 aliphatic rings. The van der Waals surface area contributed by atoms with E-state index in [0.29, 0.717) is 6.61 Å². The lowest BCUT2D eigenvalue weighted by molar-refractivity contribution is -0.384. The van der Waals surface area contributed by atoms with Gasteiger partial charge in [-0.05, 0) is 53.1 Å². The van der Waals surface area contributed by atoms with Gasteiger partial charge in [-0.3, -0.25) is 15.0 Å². The van der Waals surface area contributed by atoms with Gasteiger partial charge in [-0.1, -0.05) is 42.5 Å². The fourth-order valence-corrected chi connectivity index (χ4v) is 4.60. The Hall–Kier alpha value is -3.48. The predicted molar refractivity (Wildman–Crippen MR) is 131 cm³/mol. The number of fused-ring (bicyclic) bond motifs is 3. The summed E-state index contributed by atoms with van der Waals surface area (Å²) in [6.07, 6.45) is 2.10. The summed E-state index contributed by atoms with van der Waals surface area (Å²) in [7, 11) is 2.16. The Morgan fingerprint density at radius 1 is 0.909 bits per heavy atom. The van der Waals surface area contributed by atoms with Crippen molar-refractivity contribution in [3.05, 3.63) is 93.5 Å². The highest BCUT2D eigenvalue weighted by atomic mass is 16.6. The normalized spacial score (nSPS) is 17.1. The van der Waals surface area contributed by atoms with E-state index >= 15 is 0 Å². The quantitative estimate of drug-likeness (QED) is 0.318. The average Bonchev–Trinajstić information content (AvgIpc) is 3.14. The molecule has 168 valence electrons. The molecule has 33 heavy (non-hydrogen) atoms. The summed E-state index contributed by atoms with van der Waals surface area (Å²) in [6, 6.07) is 21.3. The van der Waals surface area contributed by atoms with Crippen LogP contribution in [0.3, 0.4) is 0 Å². The Morgan fingerprint density at radius 2 is 1.61 bits per heavy atom. The second-order valence-corrected chi connectivity index (χ2v) is 8.62. The van der Waals surface area contributed by atoms with Crippen molar-refractivity contribution in [2.45, 2.75) is 0 Å². The third kappa shape index (κ3) is 4.40. The Labute approximate surface area is 193 Å². The molecule has 1 saturated heterocycles. The van der Waals surface area contributed by atoms with Crippen molar-refractivity contribution >= 4 is 17.3 Å². The molecule has 0 unspecified atom stereocenters. The molecule has 0 amide bonds. The summed E-state index contributed by atoms with van der Waals surface area (Å²) in [5.74, 6) is 0.829. The van der Waals surface area contributed by atoms with Crippen molar-refractivity contribution in [2.75, 3.05) is 46.4 Å². The third-order valence-corrected chi connectivity index (χ3v) is 6.49. The molecular formula is C27H27N3O3. The smallest absolute Gasteiger partial charge is 0.270 e. The minimum absolute atomic E-state index is 0.101. The van der Waals surface area contributed by atoms with Gasteiger partial charge in [-0.15, -0.1) is 0 Å². The van der Waals surface area contributed by atoms with E-state index in [1.165, 1.54) is 0 Å². The van der Waals surface area contributed by atoms with Gasteiger partial charge in [0.15, 0.2) is 0 Å². The molecule has 5 rings (SSSR count). The Bertz CT molecular complexity index is 1210. The third-order valence-electron chi connectivity index (χ3n) is 6.49. The van der Waals surface area contributed by atoms with Crippen molar-refractivity contribution in [3.63, 3.8) is 0 Å². The molecule has 6 heteroatoms. The fraction of sp³-hybridized carbons (Fsp3) is 0.259. The zero-order valence-electron chi connectivity index (χ0n) is 18.7. The summed E-state index contributed by atoms with van der Waals surface area (Å²) in [5, 5.41) is 11.4. The van der Waals surface area contributed by atoms with Crippen molar-refractivity contribution in [2.24, 2.45) is 0 Å². The van der Waals surface area contributed by atoms with Crippen molar-refractivity contribution in [3.8, 4) is 16.9 Å². The second kappa shape index (κ2) is 9.17. The van der Waals surface area contributed by atoms with E-state index in [0.717, 1.165) is 71.9 Å². The Balaban J connectivity index is 1.44. The molecule has 0 N–H and O–H groups in total. The van der Waals surface area contributed by atoms with E-state index in [2.05, 4.69) is 35.1 Å². The summed E-state index contributed by atoms with van der Waals surface area (Å²) >= 11 is 0. The van der Waals surface area contributed by atoms with Gasteiger partial charge in [0.2, 0.25) is 0 Å². The topological polar surface area (TPSA) is 58.8 Å². The van der Waals surface area contributed by atoms with Crippen LogP contribution in [0.2, 0.25) is 0 Å². The summed E-state index contributed by atoms with van der Waals surface area (Å²) in [6.45, 7) is 5.84. The van der Waals surface area contributed by atoms with Gasteiger partial charge in [0, 0.05) is 50.4 Å². The van der Waals surface area contributed by atoms with Gasteiger partial charge in [0.05, 0.1) is 4.92 Å². The monoisotopic (exact) mass is 441 g/mol. The number of piperazine rings is 1. The van der Waals surface area contributed by atoms with Crippen LogP contribution in [-0.2, 0) is 0 Å². The molecule has 6 nitrogen and oxygen atoms in total. The maximum atomic E-state index is 11.4. The van der Waals surface area contributed by atoms with Crippen molar-refractivity contribution in [1.29, 1.82) is 0 Å². The molecule has 1 aliphatic carbocycles. The first-order valence-electron chi connectivity index (χ1n) is 11.3. The Morgan fingerprint density at radius 3 is 2.39 bits per heavy atom. The number of nitro groups is 1. The van der Waals surface area contributed by atoms with E-state index in [1.807, 2.05) is 42.5 Å². The van der Waals surface area contributed by atoms with Gasteiger partial charge < -0.3 is 9.64 Å². The van der Waals surface area contributed by atoms with E-state index in [1.54, 1.807) is 12.1 Å². The van der Waals surface area contributed by atoms with Gasteiger partial charge >= 0.3 is 0 Å². The first-order chi connectivity index (χ1) is 16.1. The molecule has 1 heterocycles. The standard InChI is InChI=1S/C27H27N3O3/c1-28-12-14-29(15-13-28)16-17-33-27-9-5-2-6-20(27)18-25-23-8-4-3-7-22(23)24-11-10-21(30(31)32)19-26(24)25/h2-11,18-19H,12-17H2,1H3/b25-18+. The summed E-state index contributed by atoms with van der Waals surface area (Å²) in [5.41, 5.74) is 6.15. The zero-order chi connectivity index (χ0) is 22.8. The number of ether oxygens (including phenoxy) is 1. The number of para-hydroxylation sites is 1. The molecule has 3 aromatic rings. The average molecular weight is 442 g/mol. The molecule has 3 aromatic carbocycles. The minimum Gasteiger partial charge on any atom is -0.492 e. The lowest BCUT2D eigenvalue weighted by atomic mass is 10.0. The molecule has 1 fully saturated rings. The van der Waals surface area contributed by atoms with Crippen LogP contribution in [-0.4, -0.2) is 61.1 Å². The SMILES string of the molecule is CN1CCN(CCOc2ccccc2/C=C2\c3ccccc3-c3ccc([N+](=O)[O-])cc32)CC1. The maximum Gasteiger partial charge on any atom is 0.270 e. The van der Waals surface area contributed by atoms with Crippen molar-refractivity contribution in [1.82, 2.24) is 9.80 Å². The number of rotatable bonds is 6. The fourth-order valence-electron chi connectivity index (χ4n) is 4.60. The van der Waals surface area contributed by atoms with Gasteiger partial charge in [0.25, 0.3) is 5.69 Å². The molecule has 1 aliphatic heterocycles. The van der Waals surface area contributed by atoms with E-state index < -0.39 is 0 Å². The molecular weight excluding hydrogens is 414 g/mol. The van der Waals surface area contributed by atoms with Crippen LogP contribution in [0, 0.1) is 10.1 Å². The molecule has 0 spiro atoms. The number of likely N-dealkylation sites (N-methyl/N-ethyl adjacent to an activating group) is 1. The highest BCUT2D eigenvalue weighted by molar-refractivity contribution is 6.07. The number of non-ortho nitro benzene ring substituents is 1. The predicted octanol–water partition coefficient (Wildman–Crippen LogP) is 4.79. The molecule has 0 saturated carbocycles. The van der Waals surface area contributed by atoms with Crippen LogP contribution in [0.4, 0.5) is 5.69 Å². The number of benzene rings is 3. The number of hydrogen-bond donors (Lipinski definition) is 0. The van der Waals surface area contributed by atoms with Crippen LogP contribution in [0.5, 0.6) is 5.75 Å². The van der Waals surface area contributed by atoms with Crippen LogP contribution in [0.15, 0.2) is 66.7 Å². The number of nitrogens with zero attached hydrogens (tertiary/aromatic N) is 3. The largest absolute Gasteiger partial charge is 0.492 e. The van der Waals surface area contributed by atoms with E-state index in [4.69, 9.17) is 4.74 Å². The van der Waals surface area contributed by atoms with Crippen LogP contribution in [0.25, 0.3) is 22.8 Å². The van der Waals surface area contributed by atoms with Crippen molar-refractivity contribution < 1.29 is 9.66 Å². The molecule has 0 bridgehead atoms. The summed E-state index contributed by atoms with van der Waals surface area (Å²) in [4.78, 5) is 15.9. The lowest BCUT2D eigenvalue weighted by Gasteiger charge is -2.32. The lowest BCUT2D eigenvalue weighted by Crippen LogP contribution is -2.45. The molecule has 0 aromatic heterocycles. The zero-order valence-corrected chi connectivity index (χ0v) is 18.7. The highest BCUT2D eigenvalue weighted by Gasteiger charge is 2.25. The molecule has 0 atom stereocenters. The van der Waals surface area contributed by atoms with Gasteiger partial charge in [-0.2, -0.15) is 0 Å². The summed E-state index contributed by atoms with van der Waals surface area (Å²) < 4.78 is 6.21. The van der Waals surface area contributed by atoms with E-state index in [9.17, 15) is 10.1 Å². The Kier molecular flexibility index (Phi) is 5.94. The second-order valence-electron chi connectivity index (χ2n) is 8.62. The highest BCUT2D eigenvalue weighted by Crippen LogP contribution is 2.46.